The van der Waals surface area contributed by atoms with Crippen LogP contribution in [-0.2, 0) is 14.3 Å². The molecule has 1 aliphatic rings. The number of hydrogen-bond acceptors (Lipinski definition) is 5. The van der Waals surface area contributed by atoms with Crippen LogP contribution in [0.5, 0.6) is 11.5 Å². The SMILES string of the molecule is COc1ccc(OC)c(NC(=O)C2=COCCO2)c1. The van der Waals surface area contributed by atoms with Gasteiger partial charge in [-0.25, -0.2) is 0 Å². The summed E-state index contributed by atoms with van der Waals surface area (Å²) < 4.78 is 20.5. The summed E-state index contributed by atoms with van der Waals surface area (Å²) in [5.41, 5.74) is 0.502. The number of ether oxygens (including phenoxy) is 4. The third-order valence-electron chi connectivity index (χ3n) is 2.53. The van der Waals surface area contributed by atoms with Gasteiger partial charge < -0.3 is 24.3 Å². The molecular formula is C13H15NO5. The Bertz CT molecular complexity index is 498. The molecule has 19 heavy (non-hydrogen) atoms. The largest absolute Gasteiger partial charge is 0.497 e. The number of methoxy groups -OCH3 is 2. The van der Waals surface area contributed by atoms with Gasteiger partial charge in [-0.3, -0.25) is 4.79 Å². The van der Waals surface area contributed by atoms with E-state index in [1.807, 2.05) is 0 Å². The zero-order chi connectivity index (χ0) is 13.7. The molecule has 0 aromatic heterocycles. The molecule has 0 radical (unpaired) electrons. The summed E-state index contributed by atoms with van der Waals surface area (Å²) in [7, 11) is 3.07. The number of amides is 1. The van der Waals surface area contributed by atoms with E-state index in [2.05, 4.69) is 5.32 Å². The van der Waals surface area contributed by atoms with Gasteiger partial charge in [0.15, 0.2) is 0 Å². The zero-order valence-corrected chi connectivity index (χ0v) is 10.8. The molecule has 1 aromatic carbocycles. The molecule has 1 amide bonds. The highest BCUT2D eigenvalue weighted by Gasteiger charge is 2.17. The number of nitrogens with one attached hydrogen (secondary N) is 1. The normalized spacial score (nSPS) is 13.7. The van der Waals surface area contributed by atoms with Gasteiger partial charge in [-0.05, 0) is 12.1 Å². The molecule has 0 fully saturated rings. The van der Waals surface area contributed by atoms with Crippen LogP contribution in [0.25, 0.3) is 0 Å². The fourth-order valence-corrected chi connectivity index (χ4v) is 1.58. The Kier molecular flexibility index (Phi) is 4.12. The van der Waals surface area contributed by atoms with Gasteiger partial charge in [-0.1, -0.05) is 0 Å². The van der Waals surface area contributed by atoms with E-state index in [0.717, 1.165) is 0 Å². The Hall–Kier alpha value is -2.37. The van der Waals surface area contributed by atoms with Crippen molar-refractivity contribution >= 4 is 11.6 Å². The number of anilines is 1. The lowest BCUT2D eigenvalue weighted by Gasteiger charge is -2.16. The molecule has 6 heteroatoms. The molecule has 0 saturated carbocycles. The van der Waals surface area contributed by atoms with Crippen molar-refractivity contribution < 1.29 is 23.7 Å². The average Bonchev–Trinajstić information content (AvgIpc) is 2.48. The lowest BCUT2D eigenvalue weighted by Crippen LogP contribution is -2.21. The summed E-state index contributed by atoms with van der Waals surface area (Å²) in [5.74, 6) is 0.889. The number of benzene rings is 1. The first-order chi connectivity index (χ1) is 9.24. The summed E-state index contributed by atoms with van der Waals surface area (Å²) in [4.78, 5) is 12.0. The number of carbonyl (C=O) groups excluding carboxylic acids is 1. The quantitative estimate of drug-likeness (QED) is 0.894. The topological polar surface area (TPSA) is 66.0 Å². The van der Waals surface area contributed by atoms with Crippen LogP contribution in [0.3, 0.4) is 0 Å². The van der Waals surface area contributed by atoms with Gasteiger partial charge >= 0.3 is 0 Å². The molecule has 0 atom stereocenters. The minimum Gasteiger partial charge on any atom is -0.497 e. The fourth-order valence-electron chi connectivity index (χ4n) is 1.58. The van der Waals surface area contributed by atoms with Gasteiger partial charge in [-0.2, -0.15) is 0 Å². The van der Waals surface area contributed by atoms with Crippen LogP contribution < -0.4 is 14.8 Å². The van der Waals surface area contributed by atoms with Gasteiger partial charge in [0.25, 0.3) is 5.91 Å². The molecule has 0 aliphatic carbocycles. The number of hydrogen-bond donors (Lipinski definition) is 1. The van der Waals surface area contributed by atoms with Crippen LogP contribution in [0.4, 0.5) is 5.69 Å². The molecule has 1 aliphatic heterocycles. The predicted octanol–water partition coefficient (Wildman–Crippen LogP) is 1.53. The van der Waals surface area contributed by atoms with Gasteiger partial charge in [-0.15, -0.1) is 0 Å². The number of rotatable bonds is 4. The second-order valence-electron chi connectivity index (χ2n) is 3.72. The predicted molar refractivity (Wildman–Crippen MR) is 68.2 cm³/mol. The molecule has 0 spiro atoms. The van der Waals surface area contributed by atoms with E-state index >= 15 is 0 Å². The average molecular weight is 265 g/mol. The van der Waals surface area contributed by atoms with Crippen molar-refractivity contribution in [3.05, 3.63) is 30.2 Å². The molecular weight excluding hydrogens is 250 g/mol. The maximum absolute atomic E-state index is 12.0. The minimum absolute atomic E-state index is 0.135. The van der Waals surface area contributed by atoms with Crippen LogP contribution >= 0.6 is 0 Å². The van der Waals surface area contributed by atoms with Gasteiger partial charge in [0.05, 0.1) is 19.9 Å². The van der Waals surface area contributed by atoms with E-state index in [4.69, 9.17) is 18.9 Å². The summed E-state index contributed by atoms with van der Waals surface area (Å²) in [6, 6.07) is 5.12. The first kappa shape index (κ1) is 13.1. The second-order valence-corrected chi connectivity index (χ2v) is 3.72. The summed E-state index contributed by atoms with van der Waals surface area (Å²) in [6.45, 7) is 0.799. The van der Waals surface area contributed by atoms with E-state index in [0.29, 0.717) is 30.4 Å². The Morgan fingerprint density at radius 1 is 1.26 bits per heavy atom. The molecule has 1 heterocycles. The molecule has 0 saturated heterocycles. The third-order valence-corrected chi connectivity index (χ3v) is 2.53. The lowest BCUT2D eigenvalue weighted by atomic mass is 10.2. The fraction of sp³-hybridized carbons (Fsp3) is 0.308. The van der Waals surface area contributed by atoms with Gasteiger partial charge in [0.2, 0.25) is 5.76 Å². The molecule has 6 nitrogen and oxygen atoms in total. The molecule has 1 N–H and O–H groups in total. The molecule has 0 bridgehead atoms. The first-order valence-electron chi connectivity index (χ1n) is 5.72. The molecule has 0 unspecified atom stereocenters. The highest BCUT2D eigenvalue weighted by Crippen LogP contribution is 2.29. The maximum atomic E-state index is 12.0. The minimum atomic E-state index is -0.397. The van der Waals surface area contributed by atoms with E-state index in [1.54, 1.807) is 25.3 Å². The van der Waals surface area contributed by atoms with E-state index in [9.17, 15) is 4.79 Å². The van der Waals surface area contributed by atoms with Crippen molar-refractivity contribution in [3.63, 3.8) is 0 Å². The molecule has 2 rings (SSSR count). The van der Waals surface area contributed by atoms with Crippen molar-refractivity contribution in [1.82, 2.24) is 0 Å². The van der Waals surface area contributed by atoms with E-state index in [1.165, 1.54) is 13.4 Å². The summed E-state index contributed by atoms with van der Waals surface area (Å²) in [5, 5.41) is 2.69. The Labute approximate surface area is 110 Å². The highest BCUT2D eigenvalue weighted by atomic mass is 16.6. The molecule has 1 aromatic rings. The van der Waals surface area contributed by atoms with Crippen molar-refractivity contribution in [2.24, 2.45) is 0 Å². The number of carbonyl (C=O) groups is 1. The van der Waals surface area contributed by atoms with Crippen molar-refractivity contribution in [2.75, 3.05) is 32.8 Å². The van der Waals surface area contributed by atoms with Crippen molar-refractivity contribution in [1.29, 1.82) is 0 Å². The van der Waals surface area contributed by atoms with E-state index < -0.39 is 5.91 Å². The lowest BCUT2D eigenvalue weighted by molar-refractivity contribution is -0.117. The van der Waals surface area contributed by atoms with Crippen LogP contribution in [0, 0.1) is 0 Å². The second kappa shape index (κ2) is 5.99. The third kappa shape index (κ3) is 3.09. The van der Waals surface area contributed by atoms with Crippen molar-refractivity contribution in [2.45, 2.75) is 0 Å². The van der Waals surface area contributed by atoms with Crippen LogP contribution in [0.2, 0.25) is 0 Å². The van der Waals surface area contributed by atoms with Crippen LogP contribution in [-0.4, -0.2) is 33.3 Å². The summed E-state index contributed by atoms with van der Waals surface area (Å²) >= 11 is 0. The smallest absolute Gasteiger partial charge is 0.294 e. The Balaban J connectivity index is 2.17. The van der Waals surface area contributed by atoms with Gasteiger partial charge in [0.1, 0.15) is 31.0 Å². The van der Waals surface area contributed by atoms with Crippen LogP contribution in [0.1, 0.15) is 0 Å². The van der Waals surface area contributed by atoms with Gasteiger partial charge in [0, 0.05) is 6.07 Å². The van der Waals surface area contributed by atoms with E-state index in [-0.39, 0.29) is 5.76 Å². The highest BCUT2D eigenvalue weighted by molar-refractivity contribution is 6.03. The first-order valence-corrected chi connectivity index (χ1v) is 5.72. The summed E-state index contributed by atoms with van der Waals surface area (Å²) in [6.07, 6.45) is 1.30. The van der Waals surface area contributed by atoms with Crippen LogP contribution in [0.15, 0.2) is 30.2 Å². The standard InChI is InChI=1S/C13H15NO5/c1-16-9-3-4-11(17-2)10(7-9)14-13(15)12-8-18-5-6-19-12/h3-4,7-8H,5-6H2,1-2H3,(H,14,15). The molecule has 102 valence electrons. The Morgan fingerprint density at radius 3 is 2.74 bits per heavy atom. The Morgan fingerprint density at radius 2 is 2.11 bits per heavy atom. The monoisotopic (exact) mass is 265 g/mol. The zero-order valence-electron chi connectivity index (χ0n) is 10.8. The van der Waals surface area contributed by atoms with Crippen molar-refractivity contribution in [3.8, 4) is 11.5 Å². The maximum Gasteiger partial charge on any atom is 0.294 e.